The van der Waals surface area contributed by atoms with Gasteiger partial charge in [0, 0.05) is 12.5 Å². The Morgan fingerprint density at radius 3 is 2.69 bits per heavy atom. The average Bonchev–Trinajstić information content (AvgIpc) is 3.42. The van der Waals surface area contributed by atoms with Crippen LogP contribution in [0.4, 0.5) is 4.39 Å². The number of amides is 1. The number of benzene rings is 2. The molecular weight excluding hydrogens is 375 g/mol. The number of carbonyl (C=O) groups excluding carboxylic acids is 1. The van der Waals surface area contributed by atoms with E-state index < -0.39 is 5.82 Å². The van der Waals surface area contributed by atoms with Crippen molar-refractivity contribution in [3.63, 3.8) is 0 Å². The summed E-state index contributed by atoms with van der Waals surface area (Å²) in [7, 11) is 1.61. The molecular formula is C22H19FN2O4. The molecule has 0 radical (unpaired) electrons. The molecule has 4 rings (SSSR count). The van der Waals surface area contributed by atoms with Crippen LogP contribution in [0, 0.1) is 5.82 Å². The van der Waals surface area contributed by atoms with E-state index in [0.717, 1.165) is 17.0 Å². The Hall–Kier alpha value is -3.61. The SMILES string of the molecule is COc1ccc(C2=NN(C(=O)COc3cccc(F)c3)[C@H](c3ccco3)C2)cc1. The Morgan fingerprint density at radius 1 is 1.17 bits per heavy atom. The van der Waals surface area contributed by atoms with Crippen LogP contribution in [0.25, 0.3) is 0 Å². The van der Waals surface area contributed by atoms with Crippen molar-refractivity contribution < 1.29 is 23.1 Å². The zero-order valence-corrected chi connectivity index (χ0v) is 15.7. The Kier molecular flexibility index (Phi) is 5.29. The number of hydrazone groups is 1. The summed E-state index contributed by atoms with van der Waals surface area (Å²) in [5, 5.41) is 5.90. The smallest absolute Gasteiger partial charge is 0.281 e. The van der Waals surface area contributed by atoms with Gasteiger partial charge < -0.3 is 13.9 Å². The van der Waals surface area contributed by atoms with Crippen LogP contribution >= 0.6 is 0 Å². The number of rotatable bonds is 6. The minimum atomic E-state index is -0.426. The van der Waals surface area contributed by atoms with Gasteiger partial charge in [-0.15, -0.1) is 0 Å². The second-order valence-corrected chi connectivity index (χ2v) is 6.49. The van der Waals surface area contributed by atoms with Gasteiger partial charge in [-0.2, -0.15) is 5.10 Å². The fraction of sp³-hybridized carbons (Fsp3) is 0.182. The highest BCUT2D eigenvalue weighted by atomic mass is 19.1. The van der Waals surface area contributed by atoms with Crippen LogP contribution < -0.4 is 9.47 Å². The van der Waals surface area contributed by atoms with E-state index in [4.69, 9.17) is 13.9 Å². The van der Waals surface area contributed by atoms with Crippen LogP contribution in [-0.2, 0) is 4.79 Å². The third-order valence-corrected chi connectivity index (χ3v) is 4.62. The second-order valence-electron chi connectivity index (χ2n) is 6.49. The van der Waals surface area contributed by atoms with Gasteiger partial charge >= 0.3 is 0 Å². The molecule has 29 heavy (non-hydrogen) atoms. The summed E-state index contributed by atoms with van der Waals surface area (Å²) in [6, 6.07) is 16.4. The largest absolute Gasteiger partial charge is 0.497 e. The highest BCUT2D eigenvalue weighted by Crippen LogP contribution is 2.33. The predicted octanol–water partition coefficient (Wildman–Crippen LogP) is 4.18. The Morgan fingerprint density at radius 2 is 2.00 bits per heavy atom. The van der Waals surface area contributed by atoms with Crippen molar-refractivity contribution in [3.05, 3.63) is 84.1 Å². The molecule has 0 saturated carbocycles. The summed E-state index contributed by atoms with van der Waals surface area (Å²) in [4.78, 5) is 12.8. The Balaban J connectivity index is 1.54. The zero-order valence-electron chi connectivity index (χ0n) is 15.7. The van der Waals surface area contributed by atoms with Gasteiger partial charge in [0.25, 0.3) is 5.91 Å². The van der Waals surface area contributed by atoms with Crippen molar-refractivity contribution >= 4 is 11.6 Å². The first-order chi connectivity index (χ1) is 14.1. The van der Waals surface area contributed by atoms with E-state index in [9.17, 15) is 9.18 Å². The quantitative estimate of drug-likeness (QED) is 0.629. The molecule has 2 aromatic carbocycles. The van der Waals surface area contributed by atoms with E-state index in [1.54, 1.807) is 25.5 Å². The molecule has 0 fully saturated rings. The molecule has 1 atom stereocenters. The fourth-order valence-electron chi connectivity index (χ4n) is 3.17. The molecule has 0 bridgehead atoms. The summed E-state index contributed by atoms with van der Waals surface area (Å²) in [5.74, 6) is 0.887. The van der Waals surface area contributed by atoms with E-state index in [0.29, 0.717) is 12.2 Å². The van der Waals surface area contributed by atoms with Crippen LogP contribution in [0.3, 0.4) is 0 Å². The lowest BCUT2D eigenvalue weighted by molar-refractivity contribution is -0.135. The second kappa shape index (κ2) is 8.18. The molecule has 1 amide bonds. The summed E-state index contributed by atoms with van der Waals surface area (Å²) in [6.45, 7) is -0.264. The third kappa shape index (κ3) is 4.13. The first-order valence-electron chi connectivity index (χ1n) is 9.10. The molecule has 0 unspecified atom stereocenters. The van der Waals surface area contributed by atoms with Crippen molar-refractivity contribution in [2.45, 2.75) is 12.5 Å². The summed E-state index contributed by atoms with van der Waals surface area (Å²) < 4.78 is 29.5. The Labute approximate surface area is 167 Å². The van der Waals surface area contributed by atoms with Crippen LogP contribution in [0.2, 0.25) is 0 Å². The minimum Gasteiger partial charge on any atom is -0.497 e. The molecule has 3 aromatic rings. The van der Waals surface area contributed by atoms with Gasteiger partial charge in [0.1, 0.15) is 29.1 Å². The summed E-state index contributed by atoms with van der Waals surface area (Å²) >= 11 is 0. The zero-order chi connectivity index (χ0) is 20.2. The number of halogens is 1. The maximum Gasteiger partial charge on any atom is 0.281 e. The van der Waals surface area contributed by atoms with Crippen LogP contribution in [0.1, 0.15) is 23.8 Å². The molecule has 7 heteroatoms. The van der Waals surface area contributed by atoms with Crippen LogP contribution in [0.5, 0.6) is 11.5 Å². The van der Waals surface area contributed by atoms with Crippen molar-refractivity contribution in [2.24, 2.45) is 5.10 Å². The van der Waals surface area contributed by atoms with Crippen molar-refractivity contribution in [1.82, 2.24) is 5.01 Å². The highest BCUT2D eigenvalue weighted by Gasteiger charge is 2.35. The number of hydrogen-bond acceptors (Lipinski definition) is 5. The minimum absolute atomic E-state index is 0.264. The summed E-state index contributed by atoms with van der Waals surface area (Å²) in [6.07, 6.45) is 2.07. The predicted molar refractivity (Wildman–Crippen MR) is 104 cm³/mol. The summed E-state index contributed by atoms with van der Waals surface area (Å²) in [5.41, 5.74) is 1.65. The van der Waals surface area contributed by atoms with Gasteiger partial charge in [0.05, 0.1) is 19.1 Å². The molecule has 0 aliphatic carbocycles. The number of furan rings is 1. The van der Waals surface area contributed by atoms with Gasteiger partial charge in [-0.3, -0.25) is 4.79 Å². The normalized spacial score (nSPS) is 15.9. The number of nitrogens with zero attached hydrogens (tertiary/aromatic N) is 2. The third-order valence-electron chi connectivity index (χ3n) is 4.62. The molecule has 0 N–H and O–H groups in total. The van der Waals surface area contributed by atoms with Gasteiger partial charge in [-0.1, -0.05) is 6.07 Å². The molecule has 0 spiro atoms. The van der Waals surface area contributed by atoms with Crippen molar-refractivity contribution in [3.8, 4) is 11.5 Å². The molecule has 0 saturated heterocycles. The number of methoxy groups -OCH3 is 1. The molecule has 1 aromatic heterocycles. The number of hydrogen-bond donors (Lipinski definition) is 0. The van der Waals surface area contributed by atoms with E-state index in [-0.39, 0.29) is 24.3 Å². The fourth-order valence-corrected chi connectivity index (χ4v) is 3.17. The van der Waals surface area contributed by atoms with Gasteiger partial charge in [0.2, 0.25) is 0 Å². The van der Waals surface area contributed by atoms with E-state index in [1.807, 2.05) is 30.3 Å². The van der Waals surface area contributed by atoms with Crippen LogP contribution in [0.15, 0.2) is 76.4 Å². The van der Waals surface area contributed by atoms with Crippen molar-refractivity contribution in [1.29, 1.82) is 0 Å². The van der Waals surface area contributed by atoms with E-state index >= 15 is 0 Å². The first kappa shape index (κ1) is 18.7. The van der Waals surface area contributed by atoms with Gasteiger partial charge in [0.15, 0.2) is 6.61 Å². The maximum atomic E-state index is 13.3. The molecule has 2 heterocycles. The standard InChI is InChI=1S/C22H19FN2O4/c1-27-17-9-7-15(8-10-17)19-13-20(21-6-3-11-28-21)25(24-19)22(26)14-29-18-5-2-4-16(23)12-18/h2-12,20H,13-14H2,1H3/t20-/m0/s1. The molecule has 1 aliphatic heterocycles. The van der Waals surface area contributed by atoms with Gasteiger partial charge in [-0.25, -0.2) is 9.40 Å². The van der Waals surface area contributed by atoms with Gasteiger partial charge in [-0.05, 0) is 54.1 Å². The molecule has 1 aliphatic rings. The van der Waals surface area contributed by atoms with Crippen LogP contribution in [-0.4, -0.2) is 30.3 Å². The topological polar surface area (TPSA) is 64.3 Å². The van der Waals surface area contributed by atoms with Crippen molar-refractivity contribution in [2.75, 3.05) is 13.7 Å². The Bertz CT molecular complexity index is 1020. The highest BCUT2D eigenvalue weighted by molar-refractivity contribution is 6.03. The maximum absolute atomic E-state index is 13.3. The lowest BCUT2D eigenvalue weighted by Crippen LogP contribution is -2.31. The molecule has 6 nitrogen and oxygen atoms in total. The monoisotopic (exact) mass is 394 g/mol. The first-order valence-corrected chi connectivity index (χ1v) is 9.10. The van der Waals surface area contributed by atoms with E-state index in [1.165, 1.54) is 23.2 Å². The number of carbonyl (C=O) groups is 1. The molecule has 148 valence electrons. The number of ether oxygens (including phenoxy) is 2. The van der Waals surface area contributed by atoms with E-state index in [2.05, 4.69) is 5.10 Å². The lowest BCUT2D eigenvalue weighted by atomic mass is 10.0. The average molecular weight is 394 g/mol. The lowest BCUT2D eigenvalue weighted by Gasteiger charge is -2.20.